The van der Waals surface area contributed by atoms with Gasteiger partial charge in [-0.2, -0.15) is 0 Å². The molecule has 0 aliphatic carbocycles. The van der Waals surface area contributed by atoms with Crippen LogP contribution in [0.3, 0.4) is 0 Å². The first-order valence-electron chi connectivity index (χ1n) is 8.77. The van der Waals surface area contributed by atoms with Crippen molar-refractivity contribution in [2.24, 2.45) is 0 Å². The van der Waals surface area contributed by atoms with Crippen molar-refractivity contribution in [3.8, 4) is 0 Å². The molecule has 0 unspecified atom stereocenters. The van der Waals surface area contributed by atoms with Gasteiger partial charge in [-0.25, -0.2) is 4.79 Å². The summed E-state index contributed by atoms with van der Waals surface area (Å²) in [7, 11) is 1.32. The molecule has 0 aliphatic heterocycles. The molecule has 0 bridgehead atoms. The lowest BCUT2D eigenvalue weighted by Crippen LogP contribution is -2.14. The third-order valence-electron chi connectivity index (χ3n) is 4.44. The number of amides is 1. The van der Waals surface area contributed by atoms with E-state index < -0.39 is 5.97 Å². The Labute approximate surface area is 163 Å². The summed E-state index contributed by atoms with van der Waals surface area (Å²) < 4.78 is 4.66. The monoisotopic (exact) mass is 375 g/mol. The van der Waals surface area contributed by atoms with Crippen LogP contribution in [0, 0.1) is 13.8 Å². The van der Waals surface area contributed by atoms with Gasteiger partial charge in [-0.05, 0) is 67.4 Å². The van der Waals surface area contributed by atoms with Crippen LogP contribution in [0.15, 0.2) is 60.8 Å². The topological polar surface area (TPSA) is 80.3 Å². The highest BCUT2D eigenvalue weighted by Gasteiger charge is 2.11. The molecule has 6 nitrogen and oxygen atoms in total. The molecular formula is C22H21N3O3. The minimum absolute atomic E-state index is 0.285. The minimum atomic E-state index is -0.426. The third kappa shape index (κ3) is 4.35. The van der Waals surface area contributed by atoms with Crippen molar-refractivity contribution in [1.29, 1.82) is 0 Å². The first-order chi connectivity index (χ1) is 13.5. The summed E-state index contributed by atoms with van der Waals surface area (Å²) in [5, 5.41) is 6.10. The second-order valence-corrected chi connectivity index (χ2v) is 6.33. The van der Waals surface area contributed by atoms with Crippen LogP contribution in [0.25, 0.3) is 0 Å². The number of rotatable bonds is 5. The first-order valence-corrected chi connectivity index (χ1v) is 8.77. The summed E-state index contributed by atoms with van der Waals surface area (Å²) in [5.41, 5.74) is 5.35. The number of nitrogens with zero attached hydrogens (tertiary/aromatic N) is 1. The van der Waals surface area contributed by atoms with Crippen LogP contribution in [0.1, 0.15) is 32.0 Å². The summed E-state index contributed by atoms with van der Waals surface area (Å²) in [6.07, 6.45) is 1.59. The molecular weight excluding hydrogens is 354 g/mol. The molecule has 1 amide bonds. The van der Waals surface area contributed by atoms with Crippen molar-refractivity contribution in [2.45, 2.75) is 13.8 Å². The molecule has 0 atom stereocenters. The van der Waals surface area contributed by atoms with Gasteiger partial charge >= 0.3 is 5.97 Å². The highest BCUT2D eigenvalue weighted by molar-refractivity contribution is 6.03. The number of hydrogen-bond acceptors (Lipinski definition) is 5. The molecule has 0 fully saturated rings. The maximum absolute atomic E-state index is 12.5. The van der Waals surface area contributed by atoms with E-state index in [0.29, 0.717) is 11.3 Å². The molecule has 142 valence electrons. The van der Waals surface area contributed by atoms with Gasteiger partial charge in [0.25, 0.3) is 5.91 Å². The van der Waals surface area contributed by atoms with E-state index >= 15 is 0 Å². The zero-order chi connectivity index (χ0) is 20.1. The highest BCUT2D eigenvalue weighted by Crippen LogP contribution is 2.23. The number of aromatic nitrogens is 1. The van der Waals surface area contributed by atoms with Crippen molar-refractivity contribution in [3.05, 3.63) is 83.2 Å². The number of carbonyl (C=O) groups excluding carboxylic acids is 2. The van der Waals surface area contributed by atoms with Crippen LogP contribution >= 0.6 is 0 Å². The fourth-order valence-electron chi connectivity index (χ4n) is 2.68. The maximum Gasteiger partial charge on any atom is 0.337 e. The van der Waals surface area contributed by atoms with E-state index in [1.165, 1.54) is 12.7 Å². The largest absolute Gasteiger partial charge is 0.465 e. The summed E-state index contributed by atoms with van der Waals surface area (Å²) >= 11 is 0. The molecule has 2 N–H and O–H groups in total. The predicted octanol–water partition coefficient (Wildman–Crippen LogP) is 4.48. The molecule has 0 saturated carbocycles. The Kier molecular flexibility index (Phi) is 5.69. The Morgan fingerprint density at radius 3 is 2.43 bits per heavy atom. The van der Waals surface area contributed by atoms with Crippen molar-refractivity contribution in [1.82, 2.24) is 4.98 Å². The summed E-state index contributed by atoms with van der Waals surface area (Å²) in [4.78, 5) is 28.1. The fourth-order valence-corrected chi connectivity index (χ4v) is 2.68. The van der Waals surface area contributed by atoms with Gasteiger partial charge in [-0.3, -0.25) is 9.78 Å². The summed E-state index contributed by atoms with van der Waals surface area (Å²) in [6, 6.07) is 16.0. The van der Waals surface area contributed by atoms with E-state index in [4.69, 9.17) is 0 Å². The van der Waals surface area contributed by atoms with Crippen LogP contribution in [0.4, 0.5) is 17.1 Å². The zero-order valence-corrected chi connectivity index (χ0v) is 15.9. The maximum atomic E-state index is 12.5. The Morgan fingerprint density at radius 2 is 1.71 bits per heavy atom. The molecule has 3 aromatic rings. The fraction of sp³-hybridized carbons (Fsp3) is 0.136. The first kappa shape index (κ1) is 19.1. The van der Waals surface area contributed by atoms with Crippen molar-refractivity contribution >= 4 is 28.9 Å². The number of esters is 1. The average molecular weight is 375 g/mol. The molecule has 0 radical (unpaired) electrons. The predicted molar refractivity (Wildman–Crippen MR) is 109 cm³/mol. The van der Waals surface area contributed by atoms with Crippen LogP contribution in [0.5, 0.6) is 0 Å². The Hall–Kier alpha value is -3.67. The SMILES string of the molecule is COC(=O)c1ccc(NC(=O)c2cc(Nc3cccc(C)c3C)ccn2)cc1. The van der Waals surface area contributed by atoms with E-state index in [-0.39, 0.29) is 11.6 Å². The van der Waals surface area contributed by atoms with Crippen LogP contribution in [-0.4, -0.2) is 24.0 Å². The number of ether oxygens (including phenoxy) is 1. The second kappa shape index (κ2) is 8.35. The Bertz CT molecular complexity index is 1010. The average Bonchev–Trinajstić information content (AvgIpc) is 2.71. The highest BCUT2D eigenvalue weighted by atomic mass is 16.5. The quantitative estimate of drug-likeness (QED) is 0.643. The van der Waals surface area contributed by atoms with E-state index in [1.54, 1.807) is 36.5 Å². The van der Waals surface area contributed by atoms with Crippen LogP contribution in [-0.2, 0) is 4.74 Å². The number of anilines is 3. The standard InChI is InChI=1S/C22H21N3O3/c1-14-5-4-6-19(15(14)2)24-18-11-12-23-20(13-18)21(26)25-17-9-7-16(8-10-17)22(27)28-3/h4-13H,1-3H3,(H,23,24)(H,25,26). The van der Waals surface area contributed by atoms with E-state index in [1.807, 2.05) is 25.1 Å². The van der Waals surface area contributed by atoms with Gasteiger partial charge in [0.1, 0.15) is 5.69 Å². The number of nitrogens with one attached hydrogen (secondary N) is 2. The molecule has 1 aromatic heterocycles. The molecule has 28 heavy (non-hydrogen) atoms. The van der Waals surface area contributed by atoms with Crippen molar-refractivity contribution in [3.63, 3.8) is 0 Å². The third-order valence-corrected chi connectivity index (χ3v) is 4.44. The molecule has 0 saturated heterocycles. The summed E-state index contributed by atoms with van der Waals surface area (Å²) in [5.74, 6) is -0.764. The van der Waals surface area contributed by atoms with Crippen LogP contribution in [0.2, 0.25) is 0 Å². The van der Waals surface area contributed by atoms with E-state index in [2.05, 4.69) is 33.3 Å². The number of hydrogen-bond donors (Lipinski definition) is 2. The Balaban J connectivity index is 1.73. The minimum Gasteiger partial charge on any atom is -0.465 e. The molecule has 2 aromatic carbocycles. The number of carbonyl (C=O) groups is 2. The lowest BCUT2D eigenvalue weighted by atomic mass is 10.1. The number of pyridine rings is 1. The van der Waals surface area contributed by atoms with Gasteiger partial charge in [-0.1, -0.05) is 12.1 Å². The summed E-state index contributed by atoms with van der Waals surface area (Å²) in [6.45, 7) is 4.10. The smallest absolute Gasteiger partial charge is 0.337 e. The molecule has 0 spiro atoms. The number of aryl methyl sites for hydroxylation is 1. The molecule has 3 rings (SSSR count). The van der Waals surface area contributed by atoms with Gasteiger partial charge in [0.15, 0.2) is 0 Å². The van der Waals surface area contributed by atoms with E-state index in [9.17, 15) is 9.59 Å². The molecule has 1 heterocycles. The second-order valence-electron chi connectivity index (χ2n) is 6.33. The number of methoxy groups -OCH3 is 1. The van der Waals surface area contributed by atoms with Crippen LogP contribution < -0.4 is 10.6 Å². The lowest BCUT2D eigenvalue weighted by molar-refractivity contribution is 0.0600. The van der Waals surface area contributed by atoms with Gasteiger partial charge < -0.3 is 15.4 Å². The zero-order valence-electron chi connectivity index (χ0n) is 15.9. The Morgan fingerprint density at radius 1 is 0.964 bits per heavy atom. The molecule has 0 aliphatic rings. The van der Waals surface area contributed by atoms with Gasteiger partial charge in [0.05, 0.1) is 12.7 Å². The number of benzene rings is 2. The van der Waals surface area contributed by atoms with E-state index in [0.717, 1.165) is 16.9 Å². The van der Waals surface area contributed by atoms with Gasteiger partial charge in [0.2, 0.25) is 0 Å². The van der Waals surface area contributed by atoms with Gasteiger partial charge in [0, 0.05) is 23.3 Å². The van der Waals surface area contributed by atoms with Gasteiger partial charge in [-0.15, -0.1) is 0 Å². The molecule has 6 heteroatoms. The van der Waals surface area contributed by atoms with Crippen molar-refractivity contribution in [2.75, 3.05) is 17.7 Å². The van der Waals surface area contributed by atoms with Crippen molar-refractivity contribution < 1.29 is 14.3 Å². The normalized spacial score (nSPS) is 10.2. The lowest BCUT2D eigenvalue weighted by Gasteiger charge is -2.12.